The number of carbonyl (C=O) groups is 1. The summed E-state index contributed by atoms with van der Waals surface area (Å²) in [4.78, 5) is 12.7. The molecule has 0 radical (unpaired) electrons. The van der Waals surface area contributed by atoms with Gasteiger partial charge in [-0.15, -0.1) is 0 Å². The number of aryl methyl sites for hydroxylation is 1. The van der Waals surface area contributed by atoms with Crippen LogP contribution in [0.1, 0.15) is 18.1 Å². The number of hydrogen-bond acceptors (Lipinski definition) is 3. The first-order valence-electron chi connectivity index (χ1n) is 9.37. The van der Waals surface area contributed by atoms with E-state index < -0.39 is 9.84 Å². The Kier molecular flexibility index (Phi) is 6.86. The Morgan fingerprint density at radius 2 is 1.60 bits per heavy atom. The van der Waals surface area contributed by atoms with Crippen molar-refractivity contribution >= 4 is 44.6 Å². The molecular formula is C23H21Cl2NO3S. The second kappa shape index (κ2) is 9.21. The largest absolute Gasteiger partial charge is 0.326 e. The van der Waals surface area contributed by atoms with Gasteiger partial charge in [0.15, 0.2) is 9.84 Å². The maximum Gasteiger partial charge on any atom is 0.228 e. The molecule has 0 unspecified atom stereocenters. The minimum atomic E-state index is -3.25. The Morgan fingerprint density at radius 3 is 2.20 bits per heavy atom. The lowest BCUT2D eigenvalue weighted by Gasteiger charge is -2.12. The van der Waals surface area contributed by atoms with Crippen molar-refractivity contribution in [3.8, 4) is 11.1 Å². The van der Waals surface area contributed by atoms with E-state index in [0.717, 1.165) is 22.3 Å². The fourth-order valence-electron chi connectivity index (χ4n) is 3.12. The van der Waals surface area contributed by atoms with Gasteiger partial charge in [-0.2, -0.15) is 0 Å². The molecule has 0 atom stereocenters. The van der Waals surface area contributed by atoms with Gasteiger partial charge >= 0.3 is 0 Å². The molecule has 3 rings (SSSR count). The van der Waals surface area contributed by atoms with Crippen LogP contribution in [0.4, 0.5) is 5.69 Å². The molecule has 3 aromatic rings. The average Bonchev–Trinajstić information content (AvgIpc) is 2.69. The minimum absolute atomic E-state index is 0.0451. The summed E-state index contributed by atoms with van der Waals surface area (Å²) in [6.45, 7) is 3.55. The third kappa shape index (κ3) is 5.22. The molecule has 0 aliphatic rings. The number of rotatable bonds is 6. The molecule has 1 N–H and O–H groups in total. The van der Waals surface area contributed by atoms with Crippen LogP contribution in [0.15, 0.2) is 65.6 Å². The summed E-state index contributed by atoms with van der Waals surface area (Å²) >= 11 is 12.3. The van der Waals surface area contributed by atoms with E-state index in [4.69, 9.17) is 23.2 Å². The fourth-order valence-corrected chi connectivity index (χ4v) is 4.52. The number of carbonyl (C=O) groups excluding carboxylic acids is 1. The minimum Gasteiger partial charge on any atom is -0.326 e. The van der Waals surface area contributed by atoms with E-state index in [0.29, 0.717) is 15.7 Å². The first-order chi connectivity index (χ1) is 14.2. The second-order valence-corrected chi connectivity index (χ2v) is 10.0. The van der Waals surface area contributed by atoms with E-state index in [-0.39, 0.29) is 23.0 Å². The third-order valence-electron chi connectivity index (χ3n) is 4.76. The topological polar surface area (TPSA) is 63.2 Å². The molecule has 7 heteroatoms. The molecule has 0 spiro atoms. The van der Waals surface area contributed by atoms with E-state index >= 15 is 0 Å². The van der Waals surface area contributed by atoms with Crippen molar-refractivity contribution in [2.24, 2.45) is 0 Å². The Balaban J connectivity index is 1.71. The van der Waals surface area contributed by atoms with Crippen LogP contribution in [0.25, 0.3) is 11.1 Å². The highest BCUT2D eigenvalue weighted by Crippen LogP contribution is 2.33. The van der Waals surface area contributed by atoms with Crippen molar-refractivity contribution < 1.29 is 13.2 Å². The van der Waals surface area contributed by atoms with Crippen molar-refractivity contribution in [2.75, 3.05) is 11.1 Å². The van der Waals surface area contributed by atoms with Crippen LogP contribution in [0.3, 0.4) is 0 Å². The van der Waals surface area contributed by atoms with Gasteiger partial charge in [0.05, 0.1) is 17.1 Å². The summed E-state index contributed by atoms with van der Waals surface area (Å²) in [6, 6.07) is 17.4. The molecule has 0 aliphatic carbocycles. The molecule has 156 valence electrons. The highest BCUT2D eigenvalue weighted by molar-refractivity contribution is 7.91. The smallest absolute Gasteiger partial charge is 0.228 e. The molecule has 0 aromatic heterocycles. The molecule has 0 saturated heterocycles. The second-order valence-electron chi connectivity index (χ2n) is 6.93. The van der Waals surface area contributed by atoms with E-state index in [1.807, 2.05) is 31.2 Å². The lowest BCUT2D eigenvalue weighted by atomic mass is 10.00. The molecule has 30 heavy (non-hydrogen) atoms. The van der Waals surface area contributed by atoms with Gasteiger partial charge in [0, 0.05) is 21.3 Å². The zero-order valence-electron chi connectivity index (χ0n) is 16.6. The van der Waals surface area contributed by atoms with Crippen LogP contribution in [0.2, 0.25) is 10.0 Å². The average molecular weight is 462 g/mol. The van der Waals surface area contributed by atoms with Crippen LogP contribution in [0, 0.1) is 6.92 Å². The summed E-state index contributed by atoms with van der Waals surface area (Å²) in [5.74, 6) is -0.138. The number of sulfone groups is 1. The number of nitrogens with one attached hydrogen (secondary N) is 1. The van der Waals surface area contributed by atoms with Gasteiger partial charge in [-0.05, 0) is 60.0 Å². The predicted molar refractivity (Wildman–Crippen MR) is 123 cm³/mol. The first-order valence-corrected chi connectivity index (χ1v) is 11.8. The summed E-state index contributed by atoms with van der Waals surface area (Å²) in [5.41, 5.74) is 4.22. The van der Waals surface area contributed by atoms with Gasteiger partial charge < -0.3 is 5.32 Å². The van der Waals surface area contributed by atoms with Gasteiger partial charge in [-0.1, -0.05) is 54.4 Å². The standard InChI is InChI=1S/C23H21Cl2NO3S/c1-3-30(28,29)19-8-4-16(5-9-19)13-23(27)26-18-7-11-20(15(2)12-18)21-10-6-17(24)14-22(21)25/h4-12,14H,3,13H2,1-2H3,(H,26,27). The molecule has 0 aliphatic heterocycles. The number of amides is 1. The molecule has 0 saturated carbocycles. The Bertz CT molecular complexity index is 1190. The third-order valence-corrected chi connectivity index (χ3v) is 7.06. The monoisotopic (exact) mass is 461 g/mol. The van der Waals surface area contributed by atoms with Crippen LogP contribution < -0.4 is 5.32 Å². The van der Waals surface area contributed by atoms with Crippen molar-refractivity contribution in [1.29, 1.82) is 0 Å². The zero-order chi connectivity index (χ0) is 21.9. The van der Waals surface area contributed by atoms with Crippen molar-refractivity contribution in [3.63, 3.8) is 0 Å². The van der Waals surface area contributed by atoms with Gasteiger partial charge in [-0.3, -0.25) is 4.79 Å². The molecule has 4 nitrogen and oxygen atoms in total. The van der Waals surface area contributed by atoms with Crippen LogP contribution in [-0.4, -0.2) is 20.1 Å². The molecule has 3 aromatic carbocycles. The van der Waals surface area contributed by atoms with Crippen molar-refractivity contribution in [1.82, 2.24) is 0 Å². The van der Waals surface area contributed by atoms with Gasteiger partial charge in [-0.25, -0.2) is 8.42 Å². The van der Waals surface area contributed by atoms with Crippen LogP contribution in [-0.2, 0) is 21.1 Å². The quantitative estimate of drug-likeness (QED) is 0.493. The molecule has 0 heterocycles. The van der Waals surface area contributed by atoms with Crippen LogP contribution >= 0.6 is 23.2 Å². The summed E-state index contributed by atoms with van der Waals surface area (Å²) in [5, 5.41) is 4.02. The Morgan fingerprint density at radius 1 is 0.933 bits per heavy atom. The number of benzene rings is 3. The van der Waals surface area contributed by atoms with Crippen LogP contribution in [0.5, 0.6) is 0 Å². The Labute approximate surface area is 186 Å². The number of halogens is 2. The lowest BCUT2D eigenvalue weighted by molar-refractivity contribution is -0.115. The van der Waals surface area contributed by atoms with Gasteiger partial charge in [0.25, 0.3) is 0 Å². The Hall–Kier alpha value is -2.34. The highest BCUT2D eigenvalue weighted by Gasteiger charge is 2.12. The number of anilines is 1. The first kappa shape index (κ1) is 22.3. The molecule has 1 amide bonds. The summed E-state index contributed by atoms with van der Waals surface area (Å²) < 4.78 is 23.8. The van der Waals surface area contributed by atoms with Gasteiger partial charge in [0.2, 0.25) is 5.91 Å². The summed E-state index contributed by atoms with van der Waals surface area (Å²) in [6.07, 6.45) is 0.149. The SMILES string of the molecule is CCS(=O)(=O)c1ccc(CC(=O)Nc2ccc(-c3ccc(Cl)cc3Cl)c(C)c2)cc1. The van der Waals surface area contributed by atoms with E-state index in [9.17, 15) is 13.2 Å². The molecule has 0 fully saturated rings. The van der Waals surface area contributed by atoms with E-state index in [2.05, 4.69) is 5.32 Å². The van der Waals surface area contributed by atoms with Crippen molar-refractivity contribution in [3.05, 3.63) is 81.8 Å². The van der Waals surface area contributed by atoms with E-state index in [1.54, 1.807) is 31.2 Å². The maximum atomic E-state index is 12.4. The lowest BCUT2D eigenvalue weighted by Crippen LogP contribution is -2.14. The van der Waals surface area contributed by atoms with Crippen molar-refractivity contribution in [2.45, 2.75) is 25.2 Å². The summed E-state index contributed by atoms with van der Waals surface area (Å²) in [7, 11) is -3.25. The molecule has 0 bridgehead atoms. The number of hydrogen-bond donors (Lipinski definition) is 1. The van der Waals surface area contributed by atoms with Gasteiger partial charge in [0.1, 0.15) is 0 Å². The predicted octanol–water partition coefficient (Wildman–Crippen LogP) is 5.94. The normalized spacial score (nSPS) is 11.3. The maximum absolute atomic E-state index is 12.4. The zero-order valence-corrected chi connectivity index (χ0v) is 18.9. The van der Waals surface area contributed by atoms with E-state index in [1.165, 1.54) is 12.1 Å². The fraction of sp³-hybridized carbons (Fsp3) is 0.174. The molecular weight excluding hydrogens is 441 g/mol. The highest BCUT2D eigenvalue weighted by atomic mass is 35.5.